The molecule has 0 aliphatic rings. The van der Waals surface area contributed by atoms with Crippen LogP contribution in [-0.4, -0.2) is 59.8 Å². The maximum absolute atomic E-state index is 12.3. The molecule has 0 saturated carbocycles. The summed E-state index contributed by atoms with van der Waals surface area (Å²) in [4.78, 5) is 36.3. The van der Waals surface area contributed by atoms with Gasteiger partial charge in [0, 0.05) is 0 Å². The lowest BCUT2D eigenvalue weighted by Gasteiger charge is -2.24. The van der Waals surface area contributed by atoms with Gasteiger partial charge in [0.25, 0.3) is 0 Å². The Labute approximate surface area is 157 Å². The second-order valence-corrected chi connectivity index (χ2v) is 6.47. The van der Waals surface area contributed by atoms with Gasteiger partial charge in [0.1, 0.15) is 17.8 Å². The van der Waals surface area contributed by atoms with E-state index in [4.69, 9.17) is 5.73 Å². The Balaban J connectivity index is 2.69. The Morgan fingerprint density at radius 3 is 2.19 bits per heavy atom. The second-order valence-electron chi connectivity index (χ2n) is 6.47. The summed E-state index contributed by atoms with van der Waals surface area (Å²) in [6, 6.07) is 3.09. The summed E-state index contributed by atoms with van der Waals surface area (Å²) in [6.07, 6.45) is 0.183. The molecule has 0 aliphatic heterocycles. The molecule has 9 heteroatoms. The number of hydrogen-bond acceptors (Lipinski definition) is 7. The minimum absolute atomic E-state index is 0.0964. The minimum atomic E-state index is -1.26. The summed E-state index contributed by atoms with van der Waals surface area (Å²) in [5.41, 5.74) is 6.58. The number of esters is 1. The van der Waals surface area contributed by atoms with Crippen LogP contribution < -0.4 is 16.4 Å². The van der Waals surface area contributed by atoms with Crippen LogP contribution in [0.5, 0.6) is 5.75 Å². The van der Waals surface area contributed by atoms with Crippen LogP contribution in [0.1, 0.15) is 19.4 Å². The number of ether oxygens (including phenoxy) is 1. The SMILES string of the molecule is COC(=O)[C@@H](NC(=O)[C@H](CO)NC(=O)[C@@H](N)Cc1ccc(O)cc1)C(C)C. The van der Waals surface area contributed by atoms with E-state index in [1.54, 1.807) is 26.0 Å². The lowest BCUT2D eigenvalue weighted by Crippen LogP contribution is -2.57. The van der Waals surface area contributed by atoms with E-state index < -0.39 is 42.5 Å². The third-order valence-corrected chi connectivity index (χ3v) is 3.96. The van der Waals surface area contributed by atoms with Crippen molar-refractivity contribution >= 4 is 17.8 Å². The molecule has 6 N–H and O–H groups in total. The zero-order valence-corrected chi connectivity index (χ0v) is 15.6. The molecule has 0 bridgehead atoms. The first-order valence-electron chi connectivity index (χ1n) is 8.52. The first-order chi connectivity index (χ1) is 12.7. The number of amides is 2. The largest absolute Gasteiger partial charge is 0.508 e. The van der Waals surface area contributed by atoms with Gasteiger partial charge in [-0.3, -0.25) is 9.59 Å². The Morgan fingerprint density at radius 1 is 1.11 bits per heavy atom. The highest BCUT2D eigenvalue weighted by molar-refractivity contribution is 5.92. The molecular formula is C18H27N3O6. The van der Waals surface area contributed by atoms with Crippen LogP contribution in [0, 0.1) is 5.92 Å². The van der Waals surface area contributed by atoms with E-state index in [-0.39, 0.29) is 18.1 Å². The Morgan fingerprint density at radius 2 is 1.70 bits per heavy atom. The van der Waals surface area contributed by atoms with Gasteiger partial charge in [0.2, 0.25) is 11.8 Å². The summed E-state index contributed by atoms with van der Waals surface area (Å²) in [5.74, 6) is -2.11. The van der Waals surface area contributed by atoms with Crippen molar-refractivity contribution in [1.29, 1.82) is 0 Å². The molecule has 150 valence electrons. The lowest BCUT2D eigenvalue weighted by atomic mass is 10.0. The fraction of sp³-hybridized carbons (Fsp3) is 0.500. The standard InChI is InChI=1S/C18H27N3O6/c1-10(2)15(18(26)27-3)21-17(25)14(9-22)20-16(24)13(19)8-11-4-6-12(23)7-5-11/h4-7,10,13-15,22-23H,8-9,19H2,1-3H3,(H,20,24)(H,21,25)/t13-,14-,15-/m0/s1. The van der Waals surface area contributed by atoms with Gasteiger partial charge in [-0.25, -0.2) is 4.79 Å². The third kappa shape index (κ3) is 6.87. The number of phenolic OH excluding ortho intramolecular Hbond substituents is 1. The van der Waals surface area contributed by atoms with Crippen LogP contribution in [0.25, 0.3) is 0 Å². The van der Waals surface area contributed by atoms with E-state index in [0.717, 1.165) is 5.56 Å². The molecular weight excluding hydrogens is 354 g/mol. The number of carbonyl (C=O) groups excluding carboxylic acids is 3. The highest BCUT2D eigenvalue weighted by atomic mass is 16.5. The molecule has 0 spiro atoms. The molecule has 1 rings (SSSR count). The summed E-state index contributed by atoms with van der Waals surface area (Å²) in [6.45, 7) is 2.79. The number of carbonyl (C=O) groups is 3. The van der Waals surface area contributed by atoms with Crippen molar-refractivity contribution in [2.24, 2.45) is 11.7 Å². The number of benzene rings is 1. The van der Waals surface area contributed by atoms with Crippen LogP contribution in [-0.2, 0) is 25.5 Å². The number of rotatable bonds is 9. The predicted molar refractivity (Wildman–Crippen MR) is 97.6 cm³/mol. The zero-order valence-electron chi connectivity index (χ0n) is 15.6. The van der Waals surface area contributed by atoms with Crippen LogP contribution in [0.3, 0.4) is 0 Å². The smallest absolute Gasteiger partial charge is 0.328 e. The maximum Gasteiger partial charge on any atom is 0.328 e. The molecule has 2 amide bonds. The summed E-state index contributed by atoms with van der Waals surface area (Å²) < 4.78 is 4.64. The molecule has 1 aromatic rings. The van der Waals surface area contributed by atoms with Crippen LogP contribution in [0.2, 0.25) is 0 Å². The van der Waals surface area contributed by atoms with E-state index in [0.29, 0.717) is 0 Å². The van der Waals surface area contributed by atoms with E-state index >= 15 is 0 Å². The molecule has 0 radical (unpaired) electrons. The van der Waals surface area contributed by atoms with Gasteiger partial charge in [0.15, 0.2) is 0 Å². The Hall–Kier alpha value is -2.65. The van der Waals surface area contributed by atoms with Crippen LogP contribution in [0.4, 0.5) is 0 Å². The molecule has 0 unspecified atom stereocenters. The highest BCUT2D eigenvalue weighted by Gasteiger charge is 2.29. The van der Waals surface area contributed by atoms with Gasteiger partial charge < -0.3 is 31.3 Å². The van der Waals surface area contributed by atoms with Crippen molar-refractivity contribution in [1.82, 2.24) is 10.6 Å². The lowest BCUT2D eigenvalue weighted by molar-refractivity contribution is -0.146. The Bertz CT molecular complexity index is 647. The number of nitrogens with two attached hydrogens (primary N) is 1. The average molecular weight is 381 g/mol. The van der Waals surface area contributed by atoms with Crippen molar-refractivity contribution in [2.45, 2.75) is 38.4 Å². The third-order valence-electron chi connectivity index (χ3n) is 3.96. The van der Waals surface area contributed by atoms with Gasteiger partial charge >= 0.3 is 5.97 Å². The normalized spacial score (nSPS) is 14.1. The van der Waals surface area contributed by atoms with E-state index in [9.17, 15) is 24.6 Å². The molecule has 0 aromatic heterocycles. The molecule has 3 atom stereocenters. The monoisotopic (exact) mass is 381 g/mol. The van der Waals surface area contributed by atoms with Crippen molar-refractivity contribution in [3.8, 4) is 5.75 Å². The van der Waals surface area contributed by atoms with Gasteiger partial charge in [-0.1, -0.05) is 26.0 Å². The average Bonchev–Trinajstić information content (AvgIpc) is 2.64. The number of nitrogens with one attached hydrogen (secondary N) is 2. The minimum Gasteiger partial charge on any atom is -0.508 e. The van der Waals surface area contributed by atoms with E-state index in [1.807, 2.05) is 0 Å². The number of phenols is 1. The van der Waals surface area contributed by atoms with Crippen molar-refractivity contribution in [2.75, 3.05) is 13.7 Å². The molecule has 27 heavy (non-hydrogen) atoms. The van der Waals surface area contributed by atoms with Crippen molar-refractivity contribution < 1.29 is 29.3 Å². The fourth-order valence-corrected chi connectivity index (χ4v) is 2.33. The molecule has 0 fully saturated rings. The van der Waals surface area contributed by atoms with Crippen molar-refractivity contribution in [3.05, 3.63) is 29.8 Å². The van der Waals surface area contributed by atoms with Crippen LogP contribution in [0.15, 0.2) is 24.3 Å². The quantitative estimate of drug-likeness (QED) is 0.346. The molecule has 1 aromatic carbocycles. The fourth-order valence-electron chi connectivity index (χ4n) is 2.33. The van der Waals surface area contributed by atoms with Crippen molar-refractivity contribution in [3.63, 3.8) is 0 Å². The summed E-state index contributed by atoms with van der Waals surface area (Å²) in [7, 11) is 1.21. The van der Waals surface area contributed by atoms with Crippen LogP contribution >= 0.6 is 0 Å². The van der Waals surface area contributed by atoms with Gasteiger partial charge in [-0.2, -0.15) is 0 Å². The number of aromatic hydroxyl groups is 1. The van der Waals surface area contributed by atoms with E-state index in [1.165, 1.54) is 19.2 Å². The summed E-state index contributed by atoms with van der Waals surface area (Å²) >= 11 is 0. The predicted octanol–water partition coefficient (Wildman–Crippen LogP) is -0.947. The highest BCUT2D eigenvalue weighted by Crippen LogP contribution is 2.11. The van der Waals surface area contributed by atoms with Gasteiger partial charge in [-0.15, -0.1) is 0 Å². The Kier molecular flexibility index (Phi) is 8.70. The number of methoxy groups -OCH3 is 1. The number of aliphatic hydroxyl groups excluding tert-OH is 1. The summed E-state index contributed by atoms with van der Waals surface area (Å²) in [5, 5.41) is 23.5. The van der Waals surface area contributed by atoms with E-state index in [2.05, 4.69) is 15.4 Å². The molecule has 0 heterocycles. The van der Waals surface area contributed by atoms with Gasteiger partial charge in [0.05, 0.1) is 19.8 Å². The second kappa shape index (κ2) is 10.5. The number of hydrogen-bond donors (Lipinski definition) is 5. The topological polar surface area (TPSA) is 151 Å². The molecule has 9 nitrogen and oxygen atoms in total. The zero-order chi connectivity index (χ0) is 20.6. The number of aliphatic hydroxyl groups is 1. The first kappa shape index (κ1) is 22.4. The first-order valence-corrected chi connectivity index (χ1v) is 8.52. The maximum atomic E-state index is 12.3. The molecule has 0 saturated heterocycles. The van der Waals surface area contributed by atoms with Gasteiger partial charge in [-0.05, 0) is 30.0 Å². The molecule has 0 aliphatic carbocycles.